The molecule has 2 amide bonds. The molecule has 0 unspecified atom stereocenters. The molecule has 0 saturated heterocycles. The Morgan fingerprint density at radius 3 is 2.06 bits per heavy atom. The minimum Gasteiger partial charge on any atom is -0.494 e. The van der Waals surface area contributed by atoms with Crippen LogP contribution >= 0.6 is 34.8 Å². The number of methoxy groups -OCH3 is 2. The van der Waals surface area contributed by atoms with E-state index in [0.717, 1.165) is 0 Å². The predicted octanol–water partition coefficient (Wildman–Crippen LogP) is 6.17. The topological polar surface area (TPSA) is 76.7 Å². The van der Waals surface area contributed by atoms with Crippen LogP contribution in [0.2, 0.25) is 15.1 Å². The molecule has 0 aromatic heterocycles. The van der Waals surface area contributed by atoms with E-state index in [-0.39, 0.29) is 21.5 Å². The van der Waals surface area contributed by atoms with E-state index >= 15 is 0 Å². The Morgan fingerprint density at radius 1 is 0.774 bits per heavy atom. The first-order valence-electron chi connectivity index (χ1n) is 8.92. The van der Waals surface area contributed by atoms with Gasteiger partial charge in [0.2, 0.25) is 0 Å². The smallest absolute Gasteiger partial charge is 0.257 e. The van der Waals surface area contributed by atoms with E-state index in [1.807, 2.05) is 0 Å². The van der Waals surface area contributed by atoms with Crippen LogP contribution in [0.3, 0.4) is 0 Å². The lowest BCUT2D eigenvalue weighted by Gasteiger charge is -2.14. The van der Waals surface area contributed by atoms with Gasteiger partial charge in [-0.25, -0.2) is 0 Å². The zero-order chi connectivity index (χ0) is 22.5. The summed E-state index contributed by atoms with van der Waals surface area (Å²) in [6.07, 6.45) is 0. The van der Waals surface area contributed by atoms with E-state index in [9.17, 15) is 9.59 Å². The maximum absolute atomic E-state index is 12.6. The van der Waals surface area contributed by atoms with Gasteiger partial charge in [-0.3, -0.25) is 9.59 Å². The molecule has 0 aliphatic rings. The van der Waals surface area contributed by atoms with Gasteiger partial charge in [0.15, 0.2) is 5.75 Å². The molecular formula is C22H17Cl3N2O4. The Labute approximate surface area is 194 Å². The summed E-state index contributed by atoms with van der Waals surface area (Å²) in [5.41, 5.74) is 1.45. The lowest BCUT2D eigenvalue weighted by molar-refractivity contribution is 0.101. The van der Waals surface area contributed by atoms with Gasteiger partial charge < -0.3 is 20.1 Å². The van der Waals surface area contributed by atoms with Gasteiger partial charge >= 0.3 is 0 Å². The minimum atomic E-state index is -0.429. The third-order valence-electron chi connectivity index (χ3n) is 4.29. The lowest BCUT2D eigenvalue weighted by Crippen LogP contribution is -2.14. The van der Waals surface area contributed by atoms with Gasteiger partial charge in [-0.2, -0.15) is 0 Å². The van der Waals surface area contributed by atoms with Crippen molar-refractivity contribution in [2.45, 2.75) is 0 Å². The molecule has 160 valence electrons. The predicted molar refractivity (Wildman–Crippen MR) is 123 cm³/mol. The standard InChI is InChI=1S/C22H17Cl3N2O4/c1-30-19-11-13(26-21(28)12-9-16(24)20(31-2)17(25)10-12)7-8-18(19)27-22(29)14-5-3-4-6-15(14)23/h3-11H,1-2H3,(H,26,28)(H,27,29). The van der Waals surface area contributed by atoms with Crippen molar-refractivity contribution in [1.82, 2.24) is 0 Å². The molecule has 0 aliphatic carbocycles. The van der Waals surface area contributed by atoms with Crippen molar-refractivity contribution >= 4 is 58.0 Å². The summed E-state index contributed by atoms with van der Waals surface area (Å²) in [5.74, 6) is -0.172. The molecule has 3 aromatic rings. The number of anilines is 2. The van der Waals surface area contributed by atoms with Crippen LogP contribution < -0.4 is 20.1 Å². The fourth-order valence-electron chi connectivity index (χ4n) is 2.80. The van der Waals surface area contributed by atoms with E-state index in [1.54, 1.807) is 42.5 Å². The van der Waals surface area contributed by atoms with E-state index in [2.05, 4.69) is 10.6 Å². The Morgan fingerprint density at radius 2 is 1.45 bits per heavy atom. The third-order valence-corrected chi connectivity index (χ3v) is 5.18. The zero-order valence-corrected chi connectivity index (χ0v) is 18.7. The third kappa shape index (κ3) is 5.22. The fraction of sp³-hybridized carbons (Fsp3) is 0.0909. The quantitative estimate of drug-likeness (QED) is 0.443. The number of halogens is 3. The summed E-state index contributed by atoms with van der Waals surface area (Å²) in [4.78, 5) is 25.1. The molecule has 31 heavy (non-hydrogen) atoms. The molecule has 0 bridgehead atoms. The maximum atomic E-state index is 12.6. The molecule has 3 rings (SSSR count). The van der Waals surface area contributed by atoms with Gasteiger partial charge in [-0.15, -0.1) is 0 Å². The summed E-state index contributed by atoms with van der Waals surface area (Å²) < 4.78 is 10.4. The number of hydrogen-bond donors (Lipinski definition) is 2. The number of hydrogen-bond acceptors (Lipinski definition) is 4. The van der Waals surface area contributed by atoms with Crippen LogP contribution in [0.1, 0.15) is 20.7 Å². The first-order chi connectivity index (χ1) is 14.8. The Bertz CT molecular complexity index is 1130. The molecular weight excluding hydrogens is 463 g/mol. The largest absolute Gasteiger partial charge is 0.494 e. The molecule has 0 fully saturated rings. The van der Waals surface area contributed by atoms with Crippen LogP contribution in [0.4, 0.5) is 11.4 Å². The highest BCUT2D eigenvalue weighted by atomic mass is 35.5. The van der Waals surface area contributed by atoms with Crippen molar-refractivity contribution in [3.8, 4) is 11.5 Å². The second kappa shape index (κ2) is 9.92. The number of ether oxygens (including phenoxy) is 2. The maximum Gasteiger partial charge on any atom is 0.257 e. The molecule has 6 nitrogen and oxygen atoms in total. The molecule has 0 atom stereocenters. The van der Waals surface area contributed by atoms with Gasteiger partial charge in [-0.05, 0) is 36.4 Å². The van der Waals surface area contributed by atoms with Crippen molar-refractivity contribution in [2.24, 2.45) is 0 Å². The number of carbonyl (C=O) groups is 2. The molecule has 0 heterocycles. The summed E-state index contributed by atoms with van der Waals surface area (Å²) in [5, 5.41) is 6.25. The molecule has 0 spiro atoms. The SMILES string of the molecule is COc1cc(NC(=O)c2cc(Cl)c(OC)c(Cl)c2)ccc1NC(=O)c1ccccc1Cl. The zero-order valence-electron chi connectivity index (χ0n) is 16.5. The number of nitrogens with one attached hydrogen (secondary N) is 2. The second-order valence-corrected chi connectivity index (χ2v) is 7.50. The molecule has 9 heteroatoms. The number of carbonyl (C=O) groups excluding carboxylic acids is 2. The summed E-state index contributed by atoms with van der Waals surface area (Å²) >= 11 is 18.3. The lowest BCUT2D eigenvalue weighted by atomic mass is 10.1. The van der Waals surface area contributed by atoms with Gasteiger partial charge in [-0.1, -0.05) is 46.9 Å². The normalized spacial score (nSPS) is 10.4. The Hall–Kier alpha value is -2.93. The van der Waals surface area contributed by atoms with Crippen molar-refractivity contribution in [3.05, 3.63) is 80.8 Å². The summed E-state index contributed by atoms with van der Waals surface area (Å²) in [6.45, 7) is 0. The molecule has 0 saturated carbocycles. The van der Waals surface area contributed by atoms with Crippen LogP contribution in [-0.2, 0) is 0 Å². The highest BCUT2D eigenvalue weighted by Gasteiger charge is 2.16. The van der Waals surface area contributed by atoms with Gasteiger partial charge in [0.1, 0.15) is 5.75 Å². The van der Waals surface area contributed by atoms with Crippen LogP contribution in [0.5, 0.6) is 11.5 Å². The van der Waals surface area contributed by atoms with Gasteiger partial charge in [0.25, 0.3) is 11.8 Å². The van der Waals surface area contributed by atoms with Crippen LogP contribution in [-0.4, -0.2) is 26.0 Å². The number of rotatable bonds is 6. The van der Waals surface area contributed by atoms with E-state index < -0.39 is 5.91 Å². The second-order valence-electron chi connectivity index (χ2n) is 6.28. The average Bonchev–Trinajstić information content (AvgIpc) is 2.74. The Balaban J connectivity index is 1.79. The summed E-state index contributed by atoms with van der Waals surface area (Å²) in [7, 11) is 2.89. The first-order valence-corrected chi connectivity index (χ1v) is 10.1. The molecule has 0 aliphatic heterocycles. The molecule has 0 radical (unpaired) electrons. The van der Waals surface area contributed by atoms with Crippen molar-refractivity contribution in [2.75, 3.05) is 24.9 Å². The minimum absolute atomic E-state index is 0.218. The van der Waals surface area contributed by atoms with Crippen LogP contribution in [0.25, 0.3) is 0 Å². The van der Waals surface area contributed by atoms with Gasteiger partial charge in [0, 0.05) is 17.3 Å². The van der Waals surface area contributed by atoms with Crippen molar-refractivity contribution < 1.29 is 19.1 Å². The van der Waals surface area contributed by atoms with Crippen molar-refractivity contribution in [1.29, 1.82) is 0 Å². The molecule has 2 N–H and O–H groups in total. The van der Waals surface area contributed by atoms with E-state index in [1.165, 1.54) is 26.4 Å². The fourth-order valence-corrected chi connectivity index (χ4v) is 3.66. The van der Waals surface area contributed by atoms with Crippen molar-refractivity contribution in [3.63, 3.8) is 0 Å². The molecule has 3 aromatic carbocycles. The van der Waals surface area contributed by atoms with E-state index in [4.69, 9.17) is 44.3 Å². The number of amides is 2. The van der Waals surface area contributed by atoms with Gasteiger partial charge in [0.05, 0.1) is 40.5 Å². The average molecular weight is 480 g/mol. The van der Waals surface area contributed by atoms with E-state index in [0.29, 0.717) is 33.5 Å². The van der Waals surface area contributed by atoms with Crippen LogP contribution in [0.15, 0.2) is 54.6 Å². The first kappa shape index (κ1) is 22.7. The van der Waals surface area contributed by atoms with Crippen LogP contribution in [0, 0.1) is 0 Å². The number of benzene rings is 3. The highest BCUT2D eigenvalue weighted by molar-refractivity contribution is 6.38. The Kier molecular flexibility index (Phi) is 7.28. The summed E-state index contributed by atoms with van der Waals surface area (Å²) in [6, 6.07) is 14.4. The monoisotopic (exact) mass is 478 g/mol. The highest BCUT2D eigenvalue weighted by Crippen LogP contribution is 2.34.